The first-order chi connectivity index (χ1) is 10.8. The van der Waals surface area contributed by atoms with Gasteiger partial charge in [-0.15, -0.1) is 0 Å². The number of aliphatic hydroxyl groups excluding tert-OH is 1. The number of likely N-dealkylation sites (tertiary alicyclic amines) is 1. The van der Waals surface area contributed by atoms with Crippen molar-refractivity contribution in [1.29, 1.82) is 0 Å². The summed E-state index contributed by atoms with van der Waals surface area (Å²) in [6.07, 6.45) is 1.66. The van der Waals surface area contributed by atoms with Gasteiger partial charge in [0, 0.05) is 23.4 Å². The van der Waals surface area contributed by atoms with Gasteiger partial charge in [-0.25, -0.2) is 0 Å². The molecule has 124 valence electrons. The first-order valence-electron chi connectivity index (χ1n) is 8.12. The Balaban J connectivity index is 2.11. The maximum Gasteiger partial charge on any atom is 0.223 e. The van der Waals surface area contributed by atoms with E-state index in [1.54, 1.807) is 0 Å². The van der Waals surface area contributed by atoms with Gasteiger partial charge in [0.25, 0.3) is 0 Å². The topological polar surface area (TPSA) is 49.8 Å². The van der Waals surface area contributed by atoms with Crippen LogP contribution >= 0.6 is 12.2 Å². The van der Waals surface area contributed by atoms with E-state index in [1.165, 1.54) is 0 Å². The number of thiocarbonyl (C=S) groups is 1. The second kappa shape index (κ2) is 5.87. The normalized spacial score (nSPS) is 26.4. The molecule has 0 radical (unpaired) electrons. The predicted octanol–water partition coefficient (Wildman–Crippen LogP) is 3.01. The van der Waals surface area contributed by atoms with E-state index in [0.29, 0.717) is 13.0 Å². The number of fused-ring (bicyclic) bond motifs is 1. The molecular weight excluding hydrogens is 310 g/mol. The van der Waals surface area contributed by atoms with Crippen LogP contribution in [0.5, 0.6) is 5.75 Å². The molecular formula is C18H23NO3S. The largest absolute Gasteiger partial charge is 0.485 e. The van der Waals surface area contributed by atoms with E-state index >= 15 is 0 Å². The number of nitrogens with zero attached hydrogens (tertiary/aromatic N) is 1. The van der Waals surface area contributed by atoms with Gasteiger partial charge in [-0.05, 0) is 51.3 Å². The van der Waals surface area contributed by atoms with Crippen molar-refractivity contribution in [2.75, 3.05) is 6.54 Å². The van der Waals surface area contributed by atoms with Gasteiger partial charge >= 0.3 is 0 Å². The summed E-state index contributed by atoms with van der Waals surface area (Å²) in [5.41, 5.74) is 1.04. The van der Waals surface area contributed by atoms with Crippen molar-refractivity contribution in [3.63, 3.8) is 0 Å². The second-order valence-corrected chi connectivity index (χ2v) is 7.56. The lowest BCUT2D eigenvalue weighted by Gasteiger charge is -2.47. The highest BCUT2D eigenvalue weighted by Crippen LogP contribution is 2.44. The Morgan fingerprint density at radius 3 is 2.78 bits per heavy atom. The minimum Gasteiger partial charge on any atom is -0.485 e. The van der Waals surface area contributed by atoms with Crippen LogP contribution in [0.1, 0.15) is 57.2 Å². The Morgan fingerprint density at radius 1 is 1.39 bits per heavy atom. The number of carbonyl (C=O) groups is 1. The minimum atomic E-state index is -0.780. The zero-order valence-electron chi connectivity index (χ0n) is 13.8. The van der Waals surface area contributed by atoms with Crippen LogP contribution in [0.25, 0.3) is 0 Å². The summed E-state index contributed by atoms with van der Waals surface area (Å²) in [5.74, 6) is 0.831. The zero-order valence-corrected chi connectivity index (χ0v) is 14.7. The molecule has 0 unspecified atom stereocenters. The van der Waals surface area contributed by atoms with Crippen molar-refractivity contribution < 1.29 is 14.6 Å². The Labute approximate surface area is 142 Å². The molecule has 23 heavy (non-hydrogen) atoms. The van der Waals surface area contributed by atoms with E-state index in [4.69, 9.17) is 17.0 Å². The summed E-state index contributed by atoms with van der Waals surface area (Å²) in [7, 11) is 0. The smallest absolute Gasteiger partial charge is 0.223 e. The van der Waals surface area contributed by atoms with Gasteiger partial charge in [0.2, 0.25) is 5.91 Å². The zero-order chi connectivity index (χ0) is 16.8. The fourth-order valence-corrected chi connectivity index (χ4v) is 3.57. The van der Waals surface area contributed by atoms with Crippen LogP contribution in [-0.4, -0.2) is 39.0 Å². The number of ether oxygens (including phenoxy) is 1. The molecule has 1 aromatic rings. The van der Waals surface area contributed by atoms with Crippen LogP contribution in [0.4, 0.5) is 0 Å². The van der Waals surface area contributed by atoms with Crippen LogP contribution in [0.15, 0.2) is 18.2 Å². The van der Waals surface area contributed by atoms with Crippen LogP contribution in [0, 0.1) is 0 Å². The van der Waals surface area contributed by atoms with Crippen molar-refractivity contribution >= 4 is 23.0 Å². The molecule has 0 aliphatic carbocycles. The SMILES string of the molecule is CC(=S)c1ccc2c(c1)[C@@H](N1CCCCC1=O)[C@H](O)C(C)(C)O2. The van der Waals surface area contributed by atoms with Crippen molar-refractivity contribution in [3.05, 3.63) is 29.3 Å². The molecule has 2 aliphatic rings. The molecule has 0 saturated carbocycles. The van der Waals surface area contributed by atoms with Gasteiger partial charge in [-0.2, -0.15) is 0 Å². The first-order valence-corrected chi connectivity index (χ1v) is 8.53. The summed E-state index contributed by atoms with van der Waals surface area (Å²) in [6.45, 7) is 6.28. The molecule has 1 N–H and O–H groups in total. The first kappa shape index (κ1) is 16.4. The molecule has 4 nitrogen and oxygen atoms in total. The molecule has 0 bridgehead atoms. The number of aliphatic hydroxyl groups is 1. The predicted molar refractivity (Wildman–Crippen MR) is 92.8 cm³/mol. The molecule has 1 aromatic carbocycles. The summed E-state index contributed by atoms with van der Waals surface area (Å²) in [6, 6.07) is 5.42. The number of amides is 1. The van der Waals surface area contributed by atoms with Crippen molar-refractivity contribution in [1.82, 2.24) is 4.90 Å². The summed E-state index contributed by atoms with van der Waals surface area (Å²) < 4.78 is 5.99. The molecule has 3 rings (SSSR count). The van der Waals surface area contributed by atoms with Gasteiger partial charge in [-0.1, -0.05) is 18.3 Å². The highest BCUT2D eigenvalue weighted by Gasteiger charge is 2.47. The van der Waals surface area contributed by atoms with Crippen molar-refractivity contribution in [2.45, 2.75) is 57.8 Å². The number of hydrogen-bond acceptors (Lipinski definition) is 4. The second-order valence-electron chi connectivity index (χ2n) is 6.95. The Morgan fingerprint density at radius 2 is 2.13 bits per heavy atom. The Hall–Kier alpha value is -1.46. The summed E-state index contributed by atoms with van der Waals surface area (Å²) in [5, 5.41) is 10.9. The van der Waals surface area contributed by atoms with E-state index in [0.717, 1.165) is 34.6 Å². The van der Waals surface area contributed by atoms with Crippen LogP contribution in [-0.2, 0) is 4.79 Å². The van der Waals surface area contributed by atoms with E-state index in [-0.39, 0.29) is 11.9 Å². The van der Waals surface area contributed by atoms with E-state index in [1.807, 2.05) is 43.9 Å². The van der Waals surface area contributed by atoms with Gasteiger partial charge in [0.15, 0.2) is 0 Å². The van der Waals surface area contributed by atoms with Gasteiger partial charge in [0.05, 0.1) is 6.04 Å². The summed E-state index contributed by atoms with van der Waals surface area (Å²) >= 11 is 5.28. The molecule has 1 saturated heterocycles. The molecule has 0 aromatic heterocycles. The van der Waals surface area contributed by atoms with Crippen LogP contribution in [0.3, 0.4) is 0 Å². The lowest BCUT2D eigenvalue weighted by atomic mass is 9.84. The van der Waals surface area contributed by atoms with Gasteiger partial charge in [-0.3, -0.25) is 4.79 Å². The van der Waals surface area contributed by atoms with Crippen molar-refractivity contribution in [3.8, 4) is 5.75 Å². The number of piperidine rings is 1. The lowest BCUT2D eigenvalue weighted by molar-refractivity contribution is -0.147. The van der Waals surface area contributed by atoms with Crippen LogP contribution < -0.4 is 4.74 Å². The minimum absolute atomic E-state index is 0.105. The fraction of sp³-hybridized carbons (Fsp3) is 0.556. The molecule has 2 aliphatic heterocycles. The fourth-order valence-electron chi connectivity index (χ4n) is 3.44. The maximum absolute atomic E-state index is 12.4. The van der Waals surface area contributed by atoms with Crippen LogP contribution in [0.2, 0.25) is 0 Å². The number of carbonyl (C=O) groups excluding carboxylic acids is 1. The van der Waals surface area contributed by atoms with Gasteiger partial charge in [0.1, 0.15) is 17.5 Å². The third kappa shape index (κ3) is 2.88. The standard InChI is InChI=1S/C18H23NO3S/c1-11(23)12-7-8-14-13(10-12)16(17(21)18(2,3)22-14)19-9-5-4-6-15(19)20/h7-8,10,16-17,21H,4-6,9H2,1-3H3/t16-,17+/m1/s1. The Bertz CT molecular complexity index is 656. The lowest BCUT2D eigenvalue weighted by Crippen LogP contribution is -2.55. The molecule has 0 spiro atoms. The highest BCUT2D eigenvalue weighted by atomic mass is 32.1. The quantitative estimate of drug-likeness (QED) is 0.668. The van der Waals surface area contributed by atoms with Gasteiger partial charge < -0.3 is 14.7 Å². The summed E-state index contributed by atoms with van der Waals surface area (Å²) in [4.78, 5) is 15.0. The van der Waals surface area contributed by atoms with E-state index < -0.39 is 11.7 Å². The average Bonchev–Trinajstić information content (AvgIpc) is 2.49. The molecule has 5 heteroatoms. The highest BCUT2D eigenvalue weighted by molar-refractivity contribution is 7.80. The molecule has 2 atom stereocenters. The average molecular weight is 333 g/mol. The van der Waals surface area contributed by atoms with Crippen molar-refractivity contribution in [2.24, 2.45) is 0 Å². The number of rotatable bonds is 2. The molecule has 2 heterocycles. The monoisotopic (exact) mass is 333 g/mol. The third-order valence-corrected chi connectivity index (χ3v) is 5.05. The van der Waals surface area contributed by atoms with E-state index in [2.05, 4.69) is 0 Å². The molecule has 1 amide bonds. The Kier molecular flexibility index (Phi) is 4.19. The molecule has 1 fully saturated rings. The number of benzene rings is 1. The number of hydrogen-bond donors (Lipinski definition) is 1. The maximum atomic E-state index is 12.4. The van der Waals surface area contributed by atoms with E-state index in [9.17, 15) is 9.90 Å². The third-order valence-electron chi connectivity index (χ3n) is 4.82.